The Morgan fingerprint density at radius 1 is 0.889 bits per heavy atom. The van der Waals surface area contributed by atoms with Gasteiger partial charge in [-0.25, -0.2) is 4.39 Å². The lowest BCUT2D eigenvalue weighted by Gasteiger charge is -2.07. The van der Waals surface area contributed by atoms with Crippen LogP contribution in [0.15, 0.2) is 36.4 Å². The summed E-state index contributed by atoms with van der Waals surface area (Å²) in [6, 6.07) is 9.87. The van der Waals surface area contributed by atoms with Crippen molar-refractivity contribution in [3.05, 3.63) is 70.0 Å². The summed E-state index contributed by atoms with van der Waals surface area (Å²) in [5.41, 5.74) is 4.11. The highest BCUT2D eigenvalue weighted by Gasteiger charge is 2.12. The molecule has 0 saturated carbocycles. The summed E-state index contributed by atoms with van der Waals surface area (Å²) in [4.78, 5) is 12.3. The quantitative estimate of drug-likeness (QED) is 0.728. The van der Waals surface area contributed by atoms with Crippen molar-refractivity contribution in [2.75, 3.05) is 0 Å². The van der Waals surface area contributed by atoms with Crippen molar-refractivity contribution in [3.63, 3.8) is 0 Å². The largest absolute Gasteiger partial charge is 0.289 e. The molecule has 0 spiro atoms. The first-order chi connectivity index (χ1) is 8.49. The molecule has 0 saturated heterocycles. The van der Waals surface area contributed by atoms with Gasteiger partial charge in [0.05, 0.1) is 0 Å². The Morgan fingerprint density at radius 3 is 2.22 bits per heavy atom. The Morgan fingerprint density at radius 2 is 1.61 bits per heavy atom. The molecule has 0 fully saturated rings. The second-order valence-corrected chi connectivity index (χ2v) is 4.59. The number of hydrogen-bond acceptors (Lipinski definition) is 1. The van der Waals surface area contributed by atoms with Gasteiger partial charge in [0.1, 0.15) is 5.82 Å². The highest BCUT2D eigenvalue weighted by atomic mass is 19.1. The lowest BCUT2D eigenvalue weighted by atomic mass is 9.96. The Labute approximate surface area is 106 Å². The minimum Gasteiger partial charge on any atom is -0.289 e. The van der Waals surface area contributed by atoms with Gasteiger partial charge in [0.15, 0.2) is 5.78 Å². The van der Waals surface area contributed by atoms with E-state index in [0.717, 1.165) is 11.1 Å². The molecule has 2 rings (SSSR count). The minimum absolute atomic E-state index is 0.0596. The number of rotatable bonds is 2. The molecule has 2 aromatic rings. The van der Waals surface area contributed by atoms with Crippen molar-refractivity contribution in [2.45, 2.75) is 20.8 Å². The maximum absolute atomic E-state index is 13.0. The summed E-state index contributed by atoms with van der Waals surface area (Å²) in [5, 5.41) is 0. The molecule has 0 aliphatic heterocycles. The average molecular weight is 242 g/mol. The maximum atomic E-state index is 13.0. The lowest BCUT2D eigenvalue weighted by molar-refractivity contribution is 0.103. The van der Waals surface area contributed by atoms with Crippen molar-refractivity contribution in [3.8, 4) is 0 Å². The maximum Gasteiger partial charge on any atom is 0.193 e. The first kappa shape index (κ1) is 12.5. The molecule has 2 aromatic carbocycles. The van der Waals surface area contributed by atoms with Crippen LogP contribution in [0.3, 0.4) is 0 Å². The van der Waals surface area contributed by atoms with Gasteiger partial charge in [-0.1, -0.05) is 12.1 Å². The standard InChI is InChI=1S/C16H15FO/c1-10-4-5-13(8-11(10)2)16(18)15-7-6-14(17)9-12(15)3/h4-9H,1-3H3. The topological polar surface area (TPSA) is 17.1 Å². The molecule has 92 valence electrons. The highest BCUT2D eigenvalue weighted by molar-refractivity contribution is 6.10. The lowest BCUT2D eigenvalue weighted by Crippen LogP contribution is -2.04. The van der Waals surface area contributed by atoms with Crippen LogP contribution in [0.5, 0.6) is 0 Å². The Bertz CT molecular complexity index is 614. The van der Waals surface area contributed by atoms with Crippen LogP contribution in [0.4, 0.5) is 4.39 Å². The molecule has 0 heterocycles. The number of hydrogen-bond donors (Lipinski definition) is 0. The van der Waals surface area contributed by atoms with E-state index in [1.54, 1.807) is 13.0 Å². The van der Waals surface area contributed by atoms with Gasteiger partial charge in [0.2, 0.25) is 0 Å². The summed E-state index contributed by atoms with van der Waals surface area (Å²) in [5.74, 6) is -0.375. The van der Waals surface area contributed by atoms with Crippen LogP contribution in [0.1, 0.15) is 32.6 Å². The van der Waals surface area contributed by atoms with Crippen LogP contribution >= 0.6 is 0 Å². The second-order valence-electron chi connectivity index (χ2n) is 4.59. The Balaban J connectivity index is 2.44. The van der Waals surface area contributed by atoms with Crippen molar-refractivity contribution < 1.29 is 9.18 Å². The van der Waals surface area contributed by atoms with E-state index >= 15 is 0 Å². The monoisotopic (exact) mass is 242 g/mol. The molecule has 1 nitrogen and oxygen atoms in total. The number of aryl methyl sites for hydroxylation is 3. The average Bonchev–Trinajstić information content (AvgIpc) is 2.32. The van der Waals surface area contributed by atoms with E-state index < -0.39 is 0 Å². The first-order valence-corrected chi connectivity index (χ1v) is 5.87. The smallest absolute Gasteiger partial charge is 0.193 e. The molecule has 18 heavy (non-hydrogen) atoms. The third kappa shape index (κ3) is 2.33. The van der Waals surface area contributed by atoms with E-state index in [0.29, 0.717) is 16.7 Å². The Hall–Kier alpha value is -1.96. The molecule has 0 unspecified atom stereocenters. The number of halogens is 1. The van der Waals surface area contributed by atoms with E-state index in [1.165, 1.54) is 12.1 Å². The van der Waals surface area contributed by atoms with Gasteiger partial charge >= 0.3 is 0 Å². The molecule has 0 aliphatic carbocycles. The zero-order valence-corrected chi connectivity index (χ0v) is 10.8. The fourth-order valence-electron chi connectivity index (χ4n) is 1.92. The third-order valence-corrected chi connectivity index (χ3v) is 3.20. The second kappa shape index (κ2) is 4.73. The number of carbonyl (C=O) groups excluding carboxylic acids is 1. The predicted molar refractivity (Wildman–Crippen MR) is 70.5 cm³/mol. The molecule has 0 atom stereocenters. The van der Waals surface area contributed by atoms with Gasteiger partial charge in [-0.05, 0) is 61.7 Å². The zero-order valence-electron chi connectivity index (χ0n) is 10.8. The van der Waals surface area contributed by atoms with Gasteiger partial charge in [-0.3, -0.25) is 4.79 Å². The fourth-order valence-corrected chi connectivity index (χ4v) is 1.92. The van der Waals surface area contributed by atoms with Gasteiger partial charge in [-0.15, -0.1) is 0 Å². The molecule has 0 radical (unpaired) electrons. The summed E-state index contributed by atoms with van der Waals surface area (Å²) < 4.78 is 13.0. The summed E-state index contributed by atoms with van der Waals surface area (Å²) in [6.45, 7) is 5.73. The normalized spacial score (nSPS) is 10.4. The van der Waals surface area contributed by atoms with Crippen LogP contribution in [-0.4, -0.2) is 5.78 Å². The van der Waals surface area contributed by atoms with E-state index in [2.05, 4.69) is 0 Å². The summed E-state index contributed by atoms with van der Waals surface area (Å²) in [6.07, 6.45) is 0. The number of ketones is 1. The van der Waals surface area contributed by atoms with Crippen LogP contribution in [0.25, 0.3) is 0 Å². The van der Waals surface area contributed by atoms with Gasteiger partial charge in [0.25, 0.3) is 0 Å². The zero-order chi connectivity index (χ0) is 13.3. The highest BCUT2D eigenvalue weighted by Crippen LogP contribution is 2.17. The van der Waals surface area contributed by atoms with E-state index in [4.69, 9.17) is 0 Å². The number of benzene rings is 2. The molecule has 0 N–H and O–H groups in total. The Kier molecular flexibility index (Phi) is 3.28. The SMILES string of the molecule is Cc1ccc(C(=O)c2ccc(F)cc2C)cc1C. The molecular weight excluding hydrogens is 227 g/mol. The van der Waals surface area contributed by atoms with Crippen LogP contribution in [0.2, 0.25) is 0 Å². The summed E-state index contributed by atoms with van der Waals surface area (Å²) in [7, 11) is 0. The van der Waals surface area contributed by atoms with E-state index in [1.807, 2.05) is 32.0 Å². The van der Waals surface area contributed by atoms with E-state index in [9.17, 15) is 9.18 Å². The molecule has 2 heteroatoms. The molecule has 0 aromatic heterocycles. The third-order valence-electron chi connectivity index (χ3n) is 3.20. The molecular formula is C16H15FO. The van der Waals surface area contributed by atoms with Crippen molar-refractivity contribution >= 4 is 5.78 Å². The first-order valence-electron chi connectivity index (χ1n) is 5.87. The van der Waals surface area contributed by atoms with Gasteiger partial charge < -0.3 is 0 Å². The van der Waals surface area contributed by atoms with Crippen molar-refractivity contribution in [2.24, 2.45) is 0 Å². The van der Waals surface area contributed by atoms with Gasteiger partial charge in [-0.2, -0.15) is 0 Å². The van der Waals surface area contributed by atoms with E-state index in [-0.39, 0.29) is 11.6 Å². The van der Waals surface area contributed by atoms with Crippen molar-refractivity contribution in [1.82, 2.24) is 0 Å². The van der Waals surface area contributed by atoms with Crippen LogP contribution in [0, 0.1) is 26.6 Å². The number of carbonyl (C=O) groups is 1. The molecule has 0 amide bonds. The summed E-state index contributed by atoms with van der Waals surface area (Å²) >= 11 is 0. The predicted octanol–water partition coefficient (Wildman–Crippen LogP) is 3.98. The molecule has 0 bridgehead atoms. The molecule has 0 aliphatic rings. The fraction of sp³-hybridized carbons (Fsp3) is 0.188. The van der Waals surface area contributed by atoms with Crippen LogP contribution in [-0.2, 0) is 0 Å². The minimum atomic E-state index is -0.316. The van der Waals surface area contributed by atoms with Crippen molar-refractivity contribution in [1.29, 1.82) is 0 Å². The van der Waals surface area contributed by atoms with Crippen LogP contribution < -0.4 is 0 Å². The van der Waals surface area contributed by atoms with Gasteiger partial charge in [0, 0.05) is 11.1 Å².